The van der Waals surface area contributed by atoms with Crippen molar-refractivity contribution in [3.8, 4) is 0 Å². The van der Waals surface area contributed by atoms with Crippen molar-refractivity contribution in [1.82, 2.24) is 14.9 Å². The lowest BCUT2D eigenvalue weighted by Crippen LogP contribution is -2.56. The lowest BCUT2D eigenvalue weighted by atomic mass is 10.2. The first-order valence-corrected chi connectivity index (χ1v) is 7.34. The zero-order valence-electron chi connectivity index (χ0n) is 12.2. The lowest BCUT2D eigenvalue weighted by Gasteiger charge is -2.42. The summed E-state index contributed by atoms with van der Waals surface area (Å²) in [6, 6.07) is 2.51. The number of nitrogen functional groups attached to an aromatic ring is 1. The molecule has 0 aromatic carbocycles. The molecule has 110 valence electrons. The van der Waals surface area contributed by atoms with Gasteiger partial charge in [0.25, 0.3) is 0 Å². The summed E-state index contributed by atoms with van der Waals surface area (Å²) in [6.07, 6.45) is 0. The van der Waals surface area contributed by atoms with Crippen LogP contribution in [0.15, 0.2) is 6.07 Å². The molecule has 2 aliphatic rings. The van der Waals surface area contributed by atoms with Gasteiger partial charge in [-0.25, -0.2) is 9.97 Å². The predicted octanol–water partition coefficient (Wildman–Crippen LogP) is 0.703. The van der Waals surface area contributed by atoms with Gasteiger partial charge >= 0.3 is 0 Å². The summed E-state index contributed by atoms with van der Waals surface area (Å²) in [7, 11) is 0. The largest absolute Gasteiger partial charge is 0.384 e. The van der Waals surface area contributed by atoms with Gasteiger partial charge in [0.05, 0.1) is 19.3 Å². The average Bonchev–Trinajstić information content (AvgIpc) is 2.37. The zero-order valence-corrected chi connectivity index (χ0v) is 12.2. The maximum absolute atomic E-state index is 5.91. The van der Waals surface area contributed by atoms with Crippen molar-refractivity contribution >= 4 is 11.6 Å². The molecule has 3 heterocycles. The van der Waals surface area contributed by atoms with E-state index in [4.69, 9.17) is 10.5 Å². The van der Waals surface area contributed by atoms with Gasteiger partial charge in [0.15, 0.2) is 0 Å². The van der Waals surface area contributed by atoms with Gasteiger partial charge in [0.1, 0.15) is 17.5 Å². The summed E-state index contributed by atoms with van der Waals surface area (Å²) in [4.78, 5) is 13.8. The minimum Gasteiger partial charge on any atom is -0.384 e. The maximum Gasteiger partial charge on any atom is 0.135 e. The van der Waals surface area contributed by atoms with Crippen molar-refractivity contribution in [2.75, 3.05) is 50.0 Å². The molecule has 20 heavy (non-hydrogen) atoms. The van der Waals surface area contributed by atoms with E-state index in [2.05, 4.69) is 33.6 Å². The van der Waals surface area contributed by atoms with E-state index in [1.54, 1.807) is 0 Å². The zero-order chi connectivity index (χ0) is 14.1. The van der Waals surface area contributed by atoms with Crippen LogP contribution in [-0.4, -0.2) is 60.3 Å². The first-order chi connectivity index (χ1) is 9.63. The Morgan fingerprint density at radius 3 is 2.45 bits per heavy atom. The van der Waals surface area contributed by atoms with Crippen LogP contribution >= 0.6 is 0 Å². The highest BCUT2D eigenvalue weighted by Gasteiger charge is 2.29. The molecular formula is C14H23N5O. The lowest BCUT2D eigenvalue weighted by molar-refractivity contribution is -0.0661. The van der Waals surface area contributed by atoms with Gasteiger partial charge in [0.2, 0.25) is 0 Å². The standard InChI is InChI=1S/C14H23N5O/c1-10(2)14-16-12(15)7-13(17-14)19-5-3-18(4-6-19)11-8-20-9-11/h7,10-11H,3-6,8-9H2,1-2H3,(H2,15,16,17). The highest BCUT2D eigenvalue weighted by Crippen LogP contribution is 2.21. The van der Waals surface area contributed by atoms with E-state index in [0.717, 1.165) is 51.0 Å². The van der Waals surface area contributed by atoms with E-state index in [1.807, 2.05) is 6.07 Å². The first-order valence-electron chi connectivity index (χ1n) is 7.34. The van der Waals surface area contributed by atoms with Crippen LogP contribution in [-0.2, 0) is 4.74 Å². The Bertz CT molecular complexity index is 467. The Hall–Kier alpha value is -1.40. The van der Waals surface area contributed by atoms with Crippen molar-refractivity contribution in [2.45, 2.75) is 25.8 Å². The molecule has 0 bridgehead atoms. The van der Waals surface area contributed by atoms with E-state index < -0.39 is 0 Å². The summed E-state index contributed by atoms with van der Waals surface area (Å²) in [5.74, 6) is 2.65. The number of aromatic nitrogens is 2. The van der Waals surface area contributed by atoms with Gasteiger partial charge in [-0.15, -0.1) is 0 Å². The highest BCUT2D eigenvalue weighted by molar-refractivity contribution is 5.47. The molecule has 0 radical (unpaired) electrons. The number of nitrogens with zero attached hydrogens (tertiary/aromatic N) is 4. The van der Waals surface area contributed by atoms with Crippen molar-refractivity contribution in [3.05, 3.63) is 11.9 Å². The SMILES string of the molecule is CC(C)c1nc(N)cc(N2CCN(C3COC3)CC2)n1. The first kappa shape index (κ1) is 13.6. The number of piperazine rings is 1. The van der Waals surface area contributed by atoms with Crippen molar-refractivity contribution < 1.29 is 4.74 Å². The van der Waals surface area contributed by atoms with Crippen LogP contribution in [0.2, 0.25) is 0 Å². The van der Waals surface area contributed by atoms with E-state index >= 15 is 0 Å². The minimum atomic E-state index is 0.297. The molecular weight excluding hydrogens is 254 g/mol. The van der Waals surface area contributed by atoms with Crippen LogP contribution in [0, 0.1) is 0 Å². The molecule has 6 heteroatoms. The molecule has 2 N–H and O–H groups in total. The smallest absolute Gasteiger partial charge is 0.135 e. The fraction of sp³-hybridized carbons (Fsp3) is 0.714. The molecule has 0 amide bonds. The molecule has 2 fully saturated rings. The van der Waals surface area contributed by atoms with Crippen molar-refractivity contribution in [3.63, 3.8) is 0 Å². The summed E-state index contributed by atoms with van der Waals surface area (Å²) in [6.45, 7) is 10.1. The Morgan fingerprint density at radius 2 is 1.90 bits per heavy atom. The van der Waals surface area contributed by atoms with Gasteiger partial charge < -0.3 is 15.4 Å². The third-order valence-electron chi connectivity index (χ3n) is 4.04. The number of hydrogen-bond donors (Lipinski definition) is 1. The van der Waals surface area contributed by atoms with E-state index in [1.165, 1.54) is 0 Å². The molecule has 1 aromatic rings. The van der Waals surface area contributed by atoms with Crippen LogP contribution in [0.25, 0.3) is 0 Å². The second kappa shape index (κ2) is 5.54. The normalized spacial score (nSPS) is 21.2. The van der Waals surface area contributed by atoms with Gasteiger partial charge in [-0.05, 0) is 0 Å². The fourth-order valence-corrected chi connectivity index (χ4v) is 2.64. The van der Waals surface area contributed by atoms with Gasteiger partial charge in [-0.2, -0.15) is 0 Å². The van der Waals surface area contributed by atoms with E-state index in [-0.39, 0.29) is 0 Å². The summed E-state index contributed by atoms with van der Waals surface area (Å²) in [5, 5.41) is 0. The molecule has 0 unspecified atom stereocenters. The number of hydrogen-bond acceptors (Lipinski definition) is 6. The number of ether oxygens (including phenoxy) is 1. The van der Waals surface area contributed by atoms with Gasteiger partial charge in [-0.1, -0.05) is 13.8 Å². The molecule has 0 saturated carbocycles. The molecule has 0 aliphatic carbocycles. The highest BCUT2D eigenvalue weighted by atomic mass is 16.5. The Morgan fingerprint density at radius 1 is 1.20 bits per heavy atom. The summed E-state index contributed by atoms with van der Waals surface area (Å²) >= 11 is 0. The molecule has 6 nitrogen and oxygen atoms in total. The molecule has 0 atom stereocenters. The number of anilines is 2. The van der Waals surface area contributed by atoms with Crippen LogP contribution in [0.4, 0.5) is 11.6 Å². The summed E-state index contributed by atoms with van der Waals surface area (Å²) in [5.41, 5.74) is 5.91. The second-order valence-electron chi connectivity index (χ2n) is 5.88. The average molecular weight is 277 g/mol. The minimum absolute atomic E-state index is 0.297. The van der Waals surface area contributed by atoms with Gasteiger partial charge in [-0.3, -0.25) is 4.90 Å². The molecule has 0 spiro atoms. The Kier molecular flexibility index (Phi) is 3.76. The van der Waals surface area contributed by atoms with Crippen LogP contribution in [0.1, 0.15) is 25.6 Å². The molecule has 2 aliphatic heterocycles. The van der Waals surface area contributed by atoms with Crippen molar-refractivity contribution in [1.29, 1.82) is 0 Å². The summed E-state index contributed by atoms with van der Waals surface area (Å²) < 4.78 is 5.26. The third-order valence-corrected chi connectivity index (χ3v) is 4.04. The topological polar surface area (TPSA) is 67.5 Å². The van der Waals surface area contributed by atoms with Crippen LogP contribution in [0.3, 0.4) is 0 Å². The van der Waals surface area contributed by atoms with Crippen LogP contribution < -0.4 is 10.6 Å². The Balaban J connectivity index is 1.67. The van der Waals surface area contributed by atoms with Crippen molar-refractivity contribution in [2.24, 2.45) is 0 Å². The monoisotopic (exact) mass is 277 g/mol. The van der Waals surface area contributed by atoms with Crippen LogP contribution in [0.5, 0.6) is 0 Å². The second-order valence-corrected chi connectivity index (χ2v) is 5.88. The Labute approximate surface area is 119 Å². The predicted molar refractivity (Wildman–Crippen MR) is 78.9 cm³/mol. The van der Waals surface area contributed by atoms with E-state index in [9.17, 15) is 0 Å². The van der Waals surface area contributed by atoms with E-state index in [0.29, 0.717) is 17.8 Å². The number of nitrogens with two attached hydrogens (primary N) is 1. The third kappa shape index (κ3) is 2.71. The fourth-order valence-electron chi connectivity index (χ4n) is 2.64. The molecule has 3 rings (SSSR count). The number of rotatable bonds is 3. The quantitative estimate of drug-likeness (QED) is 0.877. The molecule has 1 aromatic heterocycles. The van der Waals surface area contributed by atoms with Gasteiger partial charge in [0, 0.05) is 38.2 Å². The maximum atomic E-state index is 5.91. The molecule has 2 saturated heterocycles.